The molecule has 19 heavy (non-hydrogen) atoms. The van der Waals surface area contributed by atoms with Crippen LogP contribution in [-0.4, -0.2) is 36.3 Å². The molecule has 1 N–H and O–H groups in total. The molecule has 0 spiro atoms. The first-order valence-corrected chi connectivity index (χ1v) is 6.13. The van der Waals surface area contributed by atoms with Gasteiger partial charge in [-0.3, -0.25) is 4.79 Å². The van der Waals surface area contributed by atoms with Gasteiger partial charge >= 0.3 is 0 Å². The van der Waals surface area contributed by atoms with Gasteiger partial charge in [0.05, 0.1) is 18.3 Å². The van der Waals surface area contributed by atoms with E-state index in [-0.39, 0.29) is 30.9 Å². The monoisotopic (exact) mass is 270 g/mol. The Labute approximate surface area is 112 Å². The van der Waals surface area contributed by atoms with Crippen LogP contribution in [0.1, 0.15) is 31.1 Å². The van der Waals surface area contributed by atoms with Crippen LogP contribution in [0.25, 0.3) is 0 Å². The molecule has 0 bridgehead atoms. The second-order valence-electron chi connectivity index (χ2n) is 4.54. The van der Waals surface area contributed by atoms with Crippen molar-refractivity contribution in [1.29, 1.82) is 0 Å². The van der Waals surface area contributed by atoms with E-state index in [1.165, 1.54) is 19.1 Å². The molecule has 1 atom stereocenters. The van der Waals surface area contributed by atoms with Gasteiger partial charge in [0.15, 0.2) is 5.78 Å². The van der Waals surface area contributed by atoms with E-state index in [2.05, 4.69) is 0 Å². The van der Waals surface area contributed by atoms with Gasteiger partial charge in [-0.1, -0.05) is 0 Å². The predicted octanol–water partition coefficient (Wildman–Crippen LogP) is 2.19. The number of aliphatic hydroxyl groups excluding tert-OH is 1. The molecule has 1 aromatic carbocycles. The maximum Gasteiger partial charge on any atom is 0.163 e. The van der Waals surface area contributed by atoms with E-state index in [0.717, 1.165) is 6.07 Å². The van der Waals surface area contributed by atoms with Crippen molar-refractivity contribution in [1.82, 2.24) is 0 Å². The molecule has 0 radical (unpaired) electrons. The van der Waals surface area contributed by atoms with Crippen LogP contribution in [0.5, 0.6) is 5.75 Å². The Balaban J connectivity index is 2.61. The third-order valence-corrected chi connectivity index (χ3v) is 2.38. The minimum Gasteiger partial charge on any atom is -0.490 e. The second kappa shape index (κ2) is 7.21. The maximum atomic E-state index is 13.1. The third-order valence-electron chi connectivity index (χ3n) is 2.38. The average molecular weight is 270 g/mol. The fourth-order valence-corrected chi connectivity index (χ4v) is 1.44. The molecule has 1 rings (SSSR count). The quantitative estimate of drug-likeness (QED) is 0.772. The summed E-state index contributed by atoms with van der Waals surface area (Å²) in [4.78, 5) is 11.3. The number of halogens is 1. The number of carbonyl (C=O) groups is 1. The third kappa shape index (κ3) is 5.36. The molecule has 0 aliphatic rings. The van der Waals surface area contributed by atoms with Gasteiger partial charge in [-0.2, -0.15) is 0 Å². The number of carbonyl (C=O) groups excluding carboxylic acids is 1. The normalized spacial score (nSPS) is 12.5. The van der Waals surface area contributed by atoms with Crippen molar-refractivity contribution in [2.24, 2.45) is 0 Å². The molecule has 5 heteroatoms. The fourth-order valence-electron chi connectivity index (χ4n) is 1.44. The Morgan fingerprint density at radius 1 is 1.37 bits per heavy atom. The zero-order valence-corrected chi connectivity index (χ0v) is 11.4. The number of hydrogen-bond donors (Lipinski definition) is 1. The topological polar surface area (TPSA) is 55.8 Å². The first-order chi connectivity index (χ1) is 8.90. The zero-order chi connectivity index (χ0) is 14.4. The van der Waals surface area contributed by atoms with Gasteiger partial charge in [-0.05, 0) is 32.9 Å². The molecule has 1 aromatic rings. The summed E-state index contributed by atoms with van der Waals surface area (Å²) in [6, 6.07) is 3.69. The number of hydrogen-bond acceptors (Lipinski definition) is 4. The lowest BCUT2D eigenvalue weighted by atomic mass is 10.1. The van der Waals surface area contributed by atoms with Gasteiger partial charge in [-0.25, -0.2) is 4.39 Å². The molecule has 1 unspecified atom stereocenters. The van der Waals surface area contributed by atoms with Crippen molar-refractivity contribution >= 4 is 5.78 Å². The number of aliphatic hydroxyl groups is 1. The van der Waals surface area contributed by atoms with E-state index in [9.17, 15) is 14.3 Å². The smallest absolute Gasteiger partial charge is 0.163 e. The summed E-state index contributed by atoms with van der Waals surface area (Å²) in [7, 11) is 0. The largest absolute Gasteiger partial charge is 0.490 e. The van der Waals surface area contributed by atoms with Crippen molar-refractivity contribution in [3.05, 3.63) is 29.6 Å². The minimum atomic E-state index is -0.828. The molecule has 0 saturated carbocycles. The van der Waals surface area contributed by atoms with Crippen LogP contribution in [0.15, 0.2) is 18.2 Å². The van der Waals surface area contributed by atoms with Crippen LogP contribution in [-0.2, 0) is 4.74 Å². The van der Waals surface area contributed by atoms with Gasteiger partial charge in [0.2, 0.25) is 0 Å². The van der Waals surface area contributed by atoms with Crippen LogP contribution < -0.4 is 4.74 Å². The number of benzene rings is 1. The number of rotatable bonds is 7. The van der Waals surface area contributed by atoms with Crippen LogP contribution in [0.3, 0.4) is 0 Å². The summed E-state index contributed by atoms with van der Waals surface area (Å²) >= 11 is 0. The molecular weight excluding hydrogens is 251 g/mol. The Kier molecular flexibility index (Phi) is 5.92. The summed E-state index contributed by atoms with van der Waals surface area (Å²) < 4.78 is 23.6. The van der Waals surface area contributed by atoms with Gasteiger partial charge in [-0.15, -0.1) is 0 Å². The minimum absolute atomic E-state index is 0.0107. The zero-order valence-electron chi connectivity index (χ0n) is 11.4. The van der Waals surface area contributed by atoms with Gasteiger partial charge in [0.25, 0.3) is 0 Å². The standard InChI is InChI=1S/C14H19FO4/c1-9(2)18-7-12(17)8-19-14-6-11(15)4-5-13(14)10(3)16/h4-6,9,12,17H,7-8H2,1-3H3. The Hall–Kier alpha value is -1.46. The Bertz CT molecular complexity index is 431. The predicted molar refractivity (Wildman–Crippen MR) is 69.0 cm³/mol. The van der Waals surface area contributed by atoms with Crippen molar-refractivity contribution in [2.75, 3.05) is 13.2 Å². The first kappa shape index (κ1) is 15.6. The van der Waals surface area contributed by atoms with Crippen LogP contribution in [0.2, 0.25) is 0 Å². The van der Waals surface area contributed by atoms with E-state index in [0.29, 0.717) is 5.56 Å². The molecule has 0 aliphatic heterocycles. The number of ether oxygens (including phenoxy) is 2. The van der Waals surface area contributed by atoms with Crippen molar-refractivity contribution in [3.63, 3.8) is 0 Å². The lowest BCUT2D eigenvalue weighted by Crippen LogP contribution is -2.25. The lowest BCUT2D eigenvalue weighted by molar-refractivity contribution is -0.0124. The van der Waals surface area contributed by atoms with Crippen LogP contribution in [0.4, 0.5) is 4.39 Å². The van der Waals surface area contributed by atoms with Gasteiger partial charge < -0.3 is 14.6 Å². The van der Waals surface area contributed by atoms with E-state index in [4.69, 9.17) is 9.47 Å². The summed E-state index contributed by atoms with van der Waals surface area (Å²) in [5.41, 5.74) is 0.290. The number of Topliss-reactive ketones (excluding diaryl/α,β-unsaturated/α-hetero) is 1. The fraction of sp³-hybridized carbons (Fsp3) is 0.500. The summed E-state index contributed by atoms with van der Waals surface area (Å²) in [5.74, 6) is -0.577. The van der Waals surface area contributed by atoms with Crippen molar-refractivity contribution in [3.8, 4) is 5.75 Å². The van der Waals surface area contributed by atoms with Gasteiger partial charge in [0.1, 0.15) is 24.3 Å². The van der Waals surface area contributed by atoms with Crippen LogP contribution >= 0.6 is 0 Å². The molecule has 0 saturated heterocycles. The molecule has 0 amide bonds. The molecule has 4 nitrogen and oxygen atoms in total. The maximum absolute atomic E-state index is 13.1. The van der Waals surface area contributed by atoms with Crippen molar-refractivity contribution < 1.29 is 23.8 Å². The summed E-state index contributed by atoms with van der Waals surface area (Å²) in [6.45, 7) is 5.15. The molecule has 0 fully saturated rings. The second-order valence-corrected chi connectivity index (χ2v) is 4.54. The van der Waals surface area contributed by atoms with Crippen molar-refractivity contribution in [2.45, 2.75) is 33.0 Å². The van der Waals surface area contributed by atoms with Gasteiger partial charge in [0, 0.05) is 6.07 Å². The molecule has 106 valence electrons. The highest BCUT2D eigenvalue weighted by molar-refractivity contribution is 5.96. The highest BCUT2D eigenvalue weighted by atomic mass is 19.1. The Morgan fingerprint density at radius 3 is 2.63 bits per heavy atom. The number of ketones is 1. The first-order valence-electron chi connectivity index (χ1n) is 6.13. The molecular formula is C14H19FO4. The summed E-state index contributed by atoms with van der Waals surface area (Å²) in [5, 5.41) is 9.63. The molecule has 0 aliphatic carbocycles. The average Bonchev–Trinajstić information content (AvgIpc) is 2.33. The van der Waals surface area contributed by atoms with E-state index in [1.807, 2.05) is 13.8 Å². The molecule has 0 aromatic heterocycles. The SMILES string of the molecule is CC(=O)c1ccc(F)cc1OCC(O)COC(C)C. The highest BCUT2D eigenvalue weighted by Crippen LogP contribution is 2.20. The van der Waals surface area contributed by atoms with E-state index in [1.54, 1.807) is 0 Å². The van der Waals surface area contributed by atoms with E-state index >= 15 is 0 Å². The lowest BCUT2D eigenvalue weighted by Gasteiger charge is -2.15. The van der Waals surface area contributed by atoms with Crippen LogP contribution in [0, 0.1) is 5.82 Å². The summed E-state index contributed by atoms with van der Waals surface area (Å²) in [6.07, 6.45) is -0.818. The Morgan fingerprint density at radius 2 is 2.05 bits per heavy atom. The highest BCUT2D eigenvalue weighted by Gasteiger charge is 2.12. The van der Waals surface area contributed by atoms with E-state index < -0.39 is 11.9 Å². The molecule has 0 heterocycles.